The van der Waals surface area contributed by atoms with E-state index < -0.39 is 34.7 Å². The molecule has 0 unspecified atom stereocenters. The predicted octanol–water partition coefficient (Wildman–Crippen LogP) is 2.50. The van der Waals surface area contributed by atoms with E-state index in [1.807, 2.05) is 0 Å². The second-order valence-corrected chi connectivity index (χ2v) is 2.95. The summed E-state index contributed by atoms with van der Waals surface area (Å²) in [5, 5.41) is 8.47. The minimum Gasteiger partial charge on any atom is -0.465 e. The maximum absolute atomic E-state index is 13.5. The van der Waals surface area contributed by atoms with Gasteiger partial charge in [0.1, 0.15) is 11.6 Å². The summed E-state index contributed by atoms with van der Waals surface area (Å²) in [5.74, 6) is -3.01. The molecule has 7 heteroatoms. The average Bonchev–Trinajstić information content (AvgIpc) is 2.26. The highest BCUT2D eigenvalue weighted by molar-refractivity contribution is 5.92. The topological polar surface area (TPSA) is 50.1 Å². The number of ether oxygens (including phenoxy) is 1. The number of methoxy groups -OCH3 is 1. The van der Waals surface area contributed by atoms with Crippen LogP contribution < -0.4 is 0 Å². The van der Waals surface area contributed by atoms with Crippen LogP contribution in [-0.4, -0.2) is 13.1 Å². The van der Waals surface area contributed by atoms with Crippen molar-refractivity contribution in [2.24, 2.45) is 0 Å². The van der Waals surface area contributed by atoms with Gasteiger partial charge >= 0.3 is 12.1 Å². The fourth-order valence-corrected chi connectivity index (χ4v) is 1.20. The number of nitriles is 1. The molecule has 0 saturated heterocycles. The minimum absolute atomic E-state index is 0.466. The zero-order valence-electron chi connectivity index (χ0n) is 8.43. The summed E-state index contributed by atoms with van der Waals surface area (Å²) in [6.45, 7) is 0. The molecular formula is C10H5F4NO2. The predicted molar refractivity (Wildman–Crippen MR) is 47.5 cm³/mol. The molecule has 1 aromatic rings. The first-order valence-corrected chi connectivity index (χ1v) is 4.21. The number of esters is 1. The van der Waals surface area contributed by atoms with E-state index in [-0.39, 0.29) is 0 Å². The van der Waals surface area contributed by atoms with Crippen molar-refractivity contribution in [3.05, 3.63) is 34.6 Å². The Bertz CT molecular complexity index is 502. The lowest BCUT2D eigenvalue weighted by Gasteiger charge is -2.12. The normalized spacial score (nSPS) is 10.8. The molecule has 1 aromatic carbocycles. The molecule has 0 aliphatic heterocycles. The van der Waals surface area contributed by atoms with Crippen molar-refractivity contribution in [3.63, 3.8) is 0 Å². The summed E-state index contributed by atoms with van der Waals surface area (Å²) in [6, 6.07) is 2.47. The molecule has 0 saturated carbocycles. The van der Waals surface area contributed by atoms with E-state index in [4.69, 9.17) is 5.26 Å². The first-order chi connectivity index (χ1) is 7.82. The molecular weight excluding hydrogens is 242 g/mol. The lowest BCUT2D eigenvalue weighted by molar-refractivity contribution is -0.138. The first kappa shape index (κ1) is 13.0. The smallest absolute Gasteiger partial charge is 0.417 e. The molecule has 1 rings (SSSR count). The van der Waals surface area contributed by atoms with E-state index in [9.17, 15) is 22.4 Å². The fraction of sp³-hybridized carbons (Fsp3) is 0.200. The largest absolute Gasteiger partial charge is 0.465 e. The van der Waals surface area contributed by atoms with Crippen LogP contribution in [0.4, 0.5) is 17.6 Å². The number of alkyl halides is 3. The second-order valence-electron chi connectivity index (χ2n) is 2.95. The molecule has 0 bridgehead atoms. The van der Waals surface area contributed by atoms with Crippen molar-refractivity contribution < 1.29 is 27.1 Å². The van der Waals surface area contributed by atoms with E-state index in [2.05, 4.69) is 4.74 Å². The van der Waals surface area contributed by atoms with Crippen LogP contribution in [0, 0.1) is 17.1 Å². The van der Waals surface area contributed by atoms with Gasteiger partial charge in [-0.3, -0.25) is 0 Å². The van der Waals surface area contributed by atoms with Crippen LogP contribution in [-0.2, 0) is 10.9 Å². The monoisotopic (exact) mass is 247 g/mol. The molecule has 0 atom stereocenters. The molecule has 0 N–H and O–H groups in total. The van der Waals surface area contributed by atoms with Gasteiger partial charge in [0, 0.05) is 0 Å². The second kappa shape index (κ2) is 4.41. The molecule has 90 valence electrons. The Hall–Kier alpha value is -2.10. The van der Waals surface area contributed by atoms with Gasteiger partial charge in [-0.05, 0) is 12.1 Å². The van der Waals surface area contributed by atoms with Crippen molar-refractivity contribution >= 4 is 5.97 Å². The maximum atomic E-state index is 13.5. The highest BCUT2D eigenvalue weighted by Gasteiger charge is 2.38. The van der Waals surface area contributed by atoms with Crippen LogP contribution in [0.1, 0.15) is 21.5 Å². The Morgan fingerprint density at radius 3 is 2.41 bits per heavy atom. The van der Waals surface area contributed by atoms with E-state index in [0.29, 0.717) is 12.1 Å². The van der Waals surface area contributed by atoms with E-state index in [1.165, 1.54) is 6.07 Å². The van der Waals surface area contributed by atoms with Crippen LogP contribution >= 0.6 is 0 Å². The van der Waals surface area contributed by atoms with E-state index in [0.717, 1.165) is 7.11 Å². The van der Waals surface area contributed by atoms with Crippen LogP contribution in [0.5, 0.6) is 0 Å². The number of benzene rings is 1. The Kier molecular flexibility index (Phi) is 3.36. The van der Waals surface area contributed by atoms with Gasteiger partial charge in [-0.1, -0.05) is 0 Å². The lowest BCUT2D eigenvalue weighted by Crippen LogP contribution is -2.17. The van der Waals surface area contributed by atoms with Crippen molar-refractivity contribution in [1.82, 2.24) is 0 Å². The van der Waals surface area contributed by atoms with Crippen LogP contribution in [0.15, 0.2) is 12.1 Å². The molecule has 0 heterocycles. The van der Waals surface area contributed by atoms with E-state index in [1.54, 1.807) is 0 Å². The van der Waals surface area contributed by atoms with Crippen molar-refractivity contribution in [2.75, 3.05) is 7.11 Å². The fourth-order valence-electron chi connectivity index (χ4n) is 1.20. The zero-order valence-corrected chi connectivity index (χ0v) is 8.43. The zero-order chi connectivity index (χ0) is 13.2. The highest BCUT2D eigenvalue weighted by atomic mass is 19.4. The number of halogens is 4. The van der Waals surface area contributed by atoms with Crippen molar-refractivity contribution in [3.8, 4) is 6.07 Å². The summed E-state index contributed by atoms with van der Waals surface area (Å²) in [6.07, 6.45) is -4.90. The number of hydrogen-bond donors (Lipinski definition) is 0. The molecule has 0 fully saturated rings. The van der Waals surface area contributed by atoms with Crippen LogP contribution in [0.2, 0.25) is 0 Å². The molecule has 0 spiro atoms. The molecule has 0 aliphatic carbocycles. The summed E-state index contributed by atoms with van der Waals surface area (Å²) in [5.41, 5.74) is -3.40. The molecule has 0 radical (unpaired) electrons. The standard InChI is InChI=1S/C10H5F4NO2/c1-17-9(16)7-6(10(12,13)14)3-2-5(4-15)8(7)11/h2-3H,1H3. The van der Waals surface area contributed by atoms with Gasteiger partial charge in [-0.2, -0.15) is 18.4 Å². The molecule has 0 aromatic heterocycles. The maximum Gasteiger partial charge on any atom is 0.417 e. The number of rotatable bonds is 1. The Morgan fingerprint density at radius 2 is 2.00 bits per heavy atom. The van der Waals surface area contributed by atoms with Gasteiger partial charge < -0.3 is 4.74 Å². The van der Waals surface area contributed by atoms with Crippen LogP contribution in [0.3, 0.4) is 0 Å². The summed E-state index contributed by atoms with van der Waals surface area (Å²) in [7, 11) is 0.820. The third-order valence-corrected chi connectivity index (χ3v) is 1.96. The SMILES string of the molecule is COC(=O)c1c(C(F)(F)F)ccc(C#N)c1F. The number of nitrogens with zero attached hydrogens (tertiary/aromatic N) is 1. The van der Waals surface area contributed by atoms with Crippen molar-refractivity contribution in [2.45, 2.75) is 6.18 Å². The van der Waals surface area contributed by atoms with Gasteiger partial charge in [-0.25, -0.2) is 9.18 Å². The Labute approximate surface area is 93.2 Å². The quantitative estimate of drug-likeness (QED) is 0.566. The number of carbonyl (C=O) groups excluding carboxylic acids is 1. The summed E-state index contributed by atoms with van der Waals surface area (Å²) in [4.78, 5) is 11.1. The van der Waals surface area contributed by atoms with Gasteiger partial charge in [0.2, 0.25) is 0 Å². The lowest BCUT2D eigenvalue weighted by atomic mass is 10.0. The van der Waals surface area contributed by atoms with Gasteiger partial charge in [-0.15, -0.1) is 0 Å². The first-order valence-electron chi connectivity index (χ1n) is 4.21. The third kappa shape index (κ3) is 2.36. The molecule has 17 heavy (non-hydrogen) atoms. The minimum atomic E-state index is -4.90. The van der Waals surface area contributed by atoms with Crippen LogP contribution in [0.25, 0.3) is 0 Å². The summed E-state index contributed by atoms with van der Waals surface area (Å²) >= 11 is 0. The molecule has 0 aliphatic rings. The average molecular weight is 247 g/mol. The van der Waals surface area contributed by atoms with Gasteiger partial charge in [0.15, 0.2) is 5.82 Å². The molecule has 0 amide bonds. The Morgan fingerprint density at radius 1 is 1.41 bits per heavy atom. The van der Waals surface area contributed by atoms with Gasteiger partial charge in [0.25, 0.3) is 0 Å². The Balaban J connectivity index is 3.60. The van der Waals surface area contributed by atoms with Crippen molar-refractivity contribution in [1.29, 1.82) is 5.26 Å². The van der Waals surface area contributed by atoms with E-state index >= 15 is 0 Å². The third-order valence-electron chi connectivity index (χ3n) is 1.96. The number of hydrogen-bond acceptors (Lipinski definition) is 3. The number of carbonyl (C=O) groups is 1. The highest BCUT2D eigenvalue weighted by Crippen LogP contribution is 2.34. The summed E-state index contributed by atoms with van der Waals surface area (Å²) < 4.78 is 55.1. The van der Waals surface area contributed by atoms with Gasteiger partial charge in [0.05, 0.1) is 18.2 Å². The molecule has 3 nitrogen and oxygen atoms in total.